The molecular weight excluding hydrogens is 378 g/mol. The Morgan fingerprint density at radius 1 is 1.17 bits per heavy atom. The molecule has 1 N–H and O–H groups in total. The van der Waals surface area contributed by atoms with Gasteiger partial charge in [-0.25, -0.2) is 0 Å². The highest BCUT2D eigenvalue weighted by atomic mass is 16.3. The van der Waals surface area contributed by atoms with E-state index in [2.05, 4.69) is 4.98 Å². The molecule has 3 heterocycles. The van der Waals surface area contributed by atoms with Crippen LogP contribution in [0.4, 0.5) is 0 Å². The van der Waals surface area contributed by atoms with Crippen LogP contribution in [-0.4, -0.2) is 44.7 Å². The van der Waals surface area contributed by atoms with E-state index in [9.17, 15) is 14.7 Å². The zero-order chi connectivity index (χ0) is 20.8. The minimum atomic E-state index is -0.615. The Labute approximate surface area is 174 Å². The molecule has 30 heavy (non-hydrogen) atoms. The van der Waals surface area contributed by atoms with Gasteiger partial charge in [-0.2, -0.15) is 0 Å². The van der Waals surface area contributed by atoms with E-state index in [1.807, 2.05) is 36.4 Å². The van der Waals surface area contributed by atoms with Gasteiger partial charge in [0.05, 0.1) is 11.6 Å². The largest absolute Gasteiger partial charge is 0.391 e. The van der Waals surface area contributed by atoms with Crippen LogP contribution in [0.2, 0.25) is 0 Å². The smallest absolute Gasteiger partial charge is 0.263 e. The molecule has 0 unspecified atom stereocenters. The van der Waals surface area contributed by atoms with Gasteiger partial charge in [0.15, 0.2) is 0 Å². The van der Waals surface area contributed by atoms with E-state index in [1.54, 1.807) is 28.8 Å². The van der Waals surface area contributed by atoms with Gasteiger partial charge >= 0.3 is 0 Å². The highest BCUT2D eigenvalue weighted by molar-refractivity contribution is 5.95. The fraction of sp³-hybridized carbons (Fsp3) is 0.375. The minimum Gasteiger partial charge on any atom is -0.391 e. The number of para-hydroxylation sites is 1. The number of hydrogen-bond acceptors (Lipinski definition) is 4. The first kappa shape index (κ1) is 19.0. The monoisotopic (exact) mass is 403 g/mol. The molecule has 0 spiro atoms. The summed E-state index contributed by atoms with van der Waals surface area (Å²) in [5.41, 5.74) is 2.77. The van der Waals surface area contributed by atoms with Crippen molar-refractivity contribution >= 4 is 16.8 Å². The number of likely N-dealkylation sites (tertiary alicyclic amines) is 1. The van der Waals surface area contributed by atoms with Crippen molar-refractivity contribution in [1.29, 1.82) is 0 Å². The van der Waals surface area contributed by atoms with Crippen molar-refractivity contribution in [3.05, 3.63) is 75.8 Å². The number of amides is 1. The normalized spacial score (nSPS) is 21.3. The van der Waals surface area contributed by atoms with E-state index >= 15 is 0 Å². The third-order valence-corrected chi connectivity index (χ3v) is 6.40. The van der Waals surface area contributed by atoms with E-state index in [-0.39, 0.29) is 35.5 Å². The molecule has 3 aromatic rings. The van der Waals surface area contributed by atoms with Crippen LogP contribution in [0.3, 0.4) is 0 Å². The first-order chi connectivity index (χ1) is 14.5. The number of carbonyl (C=O) groups excluding carboxylic acids is 1. The van der Waals surface area contributed by atoms with Crippen molar-refractivity contribution in [2.75, 3.05) is 13.1 Å². The van der Waals surface area contributed by atoms with Gasteiger partial charge in [0.1, 0.15) is 5.56 Å². The van der Waals surface area contributed by atoms with Crippen LogP contribution < -0.4 is 5.56 Å². The van der Waals surface area contributed by atoms with E-state index in [4.69, 9.17) is 0 Å². The number of pyridine rings is 2. The molecule has 1 amide bonds. The highest BCUT2D eigenvalue weighted by Gasteiger charge is 2.36. The van der Waals surface area contributed by atoms with E-state index in [1.165, 1.54) is 0 Å². The number of rotatable bonds is 4. The molecule has 2 fully saturated rings. The lowest BCUT2D eigenvalue weighted by Gasteiger charge is -2.18. The predicted molar refractivity (Wildman–Crippen MR) is 115 cm³/mol. The van der Waals surface area contributed by atoms with Crippen LogP contribution in [-0.2, 0) is 6.42 Å². The maximum Gasteiger partial charge on any atom is 0.263 e. The lowest BCUT2D eigenvalue weighted by Crippen LogP contribution is -2.36. The van der Waals surface area contributed by atoms with Gasteiger partial charge in [-0.1, -0.05) is 18.2 Å². The number of aryl methyl sites for hydroxylation is 1. The number of aliphatic hydroxyl groups is 1. The summed E-state index contributed by atoms with van der Waals surface area (Å²) >= 11 is 0. The van der Waals surface area contributed by atoms with Gasteiger partial charge < -0.3 is 14.6 Å². The Balaban J connectivity index is 1.39. The van der Waals surface area contributed by atoms with Gasteiger partial charge in [-0.15, -0.1) is 0 Å². The fourth-order valence-electron chi connectivity index (χ4n) is 4.54. The zero-order valence-corrected chi connectivity index (χ0v) is 17.0. The molecule has 0 radical (unpaired) electrons. The number of hydrogen-bond donors (Lipinski definition) is 1. The summed E-state index contributed by atoms with van der Waals surface area (Å²) in [6, 6.07) is 12.0. The Hall–Kier alpha value is -2.99. The van der Waals surface area contributed by atoms with Crippen molar-refractivity contribution in [2.45, 2.75) is 38.3 Å². The van der Waals surface area contributed by atoms with Gasteiger partial charge in [0, 0.05) is 42.8 Å². The minimum absolute atomic E-state index is 0.0746. The molecule has 0 bridgehead atoms. The third-order valence-electron chi connectivity index (χ3n) is 6.40. The van der Waals surface area contributed by atoms with Crippen molar-refractivity contribution in [3.63, 3.8) is 0 Å². The molecule has 1 aliphatic carbocycles. The van der Waals surface area contributed by atoms with Gasteiger partial charge in [-0.3, -0.25) is 14.6 Å². The Kier molecular flexibility index (Phi) is 4.66. The van der Waals surface area contributed by atoms with Gasteiger partial charge in [0.25, 0.3) is 11.5 Å². The van der Waals surface area contributed by atoms with Gasteiger partial charge in [-0.05, 0) is 55.5 Å². The molecule has 6 heteroatoms. The molecule has 6 nitrogen and oxygen atoms in total. The molecular formula is C24H25N3O3. The topological polar surface area (TPSA) is 75.4 Å². The number of fused-ring (bicyclic) bond motifs is 1. The van der Waals surface area contributed by atoms with Crippen LogP contribution in [0.1, 0.15) is 40.4 Å². The Morgan fingerprint density at radius 3 is 2.77 bits per heavy atom. The van der Waals surface area contributed by atoms with Crippen molar-refractivity contribution < 1.29 is 9.90 Å². The van der Waals surface area contributed by atoms with E-state index in [0.29, 0.717) is 18.5 Å². The summed E-state index contributed by atoms with van der Waals surface area (Å²) in [4.78, 5) is 32.2. The predicted octanol–water partition coefficient (Wildman–Crippen LogP) is 2.72. The molecule has 2 aromatic heterocycles. The first-order valence-electron chi connectivity index (χ1n) is 10.5. The standard InChI is InChI=1S/C24H25N3O3/c1-15-9-11-27(18-6-7-18)24(30)22(15)23(29)26-13-17(21(28)14-26)12-16-8-10-25-20-5-3-2-4-19(16)20/h2-5,8-11,17-18,21,28H,6-7,12-14H2,1H3/t17-,21+/m1/s1. The molecule has 1 saturated carbocycles. The number of aliphatic hydroxyl groups excluding tert-OH is 1. The molecule has 1 aromatic carbocycles. The van der Waals surface area contributed by atoms with Crippen molar-refractivity contribution in [1.82, 2.24) is 14.5 Å². The van der Waals surface area contributed by atoms with Crippen molar-refractivity contribution in [2.24, 2.45) is 5.92 Å². The quantitative estimate of drug-likeness (QED) is 0.727. The average molecular weight is 403 g/mol. The van der Waals surface area contributed by atoms with E-state index < -0.39 is 6.10 Å². The number of nitrogens with zero attached hydrogens (tertiary/aromatic N) is 3. The zero-order valence-electron chi connectivity index (χ0n) is 17.0. The second kappa shape index (κ2) is 7.36. The first-order valence-corrected chi connectivity index (χ1v) is 10.5. The lowest BCUT2D eigenvalue weighted by atomic mass is 9.94. The van der Waals surface area contributed by atoms with Crippen molar-refractivity contribution in [3.8, 4) is 0 Å². The summed E-state index contributed by atoms with van der Waals surface area (Å²) in [5, 5.41) is 11.8. The number of aromatic nitrogens is 2. The molecule has 5 rings (SSSR count). The molecule has 2 aliphatic rings. The Bertz CT molecular complexity index is 1180. The maximum atomic E-state index is 13.2. The van der Waals surface area contributed by atoms with Crippen LogP contribution in [0.5, 0.6) is 0 Å². The van der Waals surface area contributed by atoms with Crippen LogP contribution in [0.25, 0.3) is 10.9 Å². The fourth-order valence-corrected chi connectivity index (χ4v) is 4.54. The van der Waals surface area contributed by atoms with E-state index in [0.717, 1.165) is 29.3 Å². The highest BCUT2D eigenvalue weighted by Crippen LogP contribution is 2.33. The lowest BCUT2D eigenvalue weighted by molar-refractivity contribution is 0.0761. The molecule has 1 saturated heterocycles. The summed E-state index contributed by atoms with van der Waals surface area (Å²) in [7, 11) is 0. The number of β-amino-alcohol motifs (C(OH)–C–C–N with tert-alkyl or cyclic N) is 1. The number of benzene rings is 1. The third kappa shape index (κ3) is 3.31. The maximum absolute atomic E-state index is 13.2. The summed E-state index contributed by atoms with van der Waals surface area (Å²) < 4.78 is 1.69. The summed E-state index contributed by atoms with van der Waals surface area (Å²) in [6.07, 6.45) is 5.60. The van der Waals surface area contributed by atoms with Crippen LogP contribution in [0, 0.1) is 12.8 Å². The van der Waals surface area contributed by atoms with Crippen LogP contribution in [0.15, 0.2) is 53.6 Å². The SMILES string of the molecule is Cc1ccn(C2CC2)c(=O)c1C(=O)N1C[C@@H](Cc2ccnc3ccccc23)[C@@H](O)C1. The molecule has 2 atom stereocenters. The molecule has 154 valence electrons. The van der Waals surface area contributed by atoms with Crippen LogP contribution >= 0.6 is 0 Å². The Morgan fingerprint density at radius 2 is 1.97 bits per heavy atom. The summed E-state index contributed by atoms with van der Waals surface area (Å²) in [5.74, 6) is -0.344. The molecule has 1 aliphatic heterocycles. The second-order valence-electron chi connectivity index (χ2n) is 8.55. The van der Waals surface area contributed by atoms with Gasteiger partial charge in [0.2, 0.25) is 0 Å². The second-order valence-corrected chi connectivity index (χ2v) is 8.55. The number of carbonyl (C=O) groups is 1. The summed E-state index contributed by atoms with van der Waals surface area (Å²) in [6.45, 7) is 2.50. The average Bonchev–Trinajstić information content (AvgIpc) is 3.51.